The van der Waals surface area contributed by atoms with E-state index in [9.17, 15) is 9.59 Å². The van der Waals surface area contributed by atoms with E-state index in [4.69, 9.17) is 4.74 Å². The lowest BCUT2D eigenvalue weighted by Crippen LogP contribution is -2.23. The van der Waals surface area contributed by atoms with Crippen LogP contribution in [-0.4, -0.2) is 23.1 Å². The van der Waals surface area contributed by atoms with Crippen LogP contribution in [0, 0.1) is 0 Å². The van der Waals surface area contributed by atoms with Crippen LogP contribution in [0.4, 0.5) is 0 Å². The molecule has 2 heterocycles. The Morgan fingerprint density at radius 2 is 2.08 bits per heavy atom. The summed E-state index contributed by atoms with van der Waals surface area (Å²) < 4.78 is 7.83. The normalized spacial score (nSPS) is 12.1. The molecule has 0 aliphatic rings. The number of carbonyl (C=O) groups excluding carboxylic acids is 2. The number of thiophene rings is 1. The smallest absolute Gasteiger partial charge is 0.326 e. The van der Waals surface area contributed by atoms with Gasteiger partial charge in [-0.1, -0.05) is 37.3 Å². The van der Waals surface area contributed by atoms with E-state index in [0.717, 1.165) is 10.2 Å². The van der Waals surface area contributed by atoms with Gasteiger partial charge in [0.25, 0.3) is 5.91 Å². The van der Waals surface area contributed by atoms with E-state index < -0.39 is 0 Å². The van der Waals surface area contributed by atoms with Crippen LogP contribution in [0.5, 0.6) is 0 Å². The van der Waals surface area contributed by atoms with Gasteiger partial charge in [0.2, 0.25) is 0 Å². The highest BCUT2D eigenvalue weighted by Crippen LogP contribution is 2.24. The Hall–Kier alpha value is -2.25. The minimum Gasteiger partial charge on any atom is -0.465 e. The molecule has 3 rings (SSSR count). The van der Waals surface area contributed by atoms with Gasteiger partial charge < -0.3 is 9.30 Å². The summed E-state index contributed by atoms with van der Waals surface area (Å²) in [5.74, 6) is -0.244. The van der Waals surface area contributed by atoms with Gasteiger partial charge in [-0.15, -0.1) is 11.3 Å². The second kappa shape index (κ2) is 7.97. The van der Waals surface area contributed by atoms with Crippen LogP contribution >= 0.6 is 22.7 Å². The van der Waals surface area contributed by atoms with Gasteiger partial charge in [-0.25, -0.2) is 0 Å². The van der Waals surface area contributed by atoms with E-state index in [2.05, 4.69) is 24.9 Å². The van der Waals surface area contributed by atoms with Gasteiger partial charge in [-0.05, 0) is 42.0 Å². The lowest BCUT2D eigenvalue weighted by Gasteiger charge is -2.07. The molecule has 0 N–H and O–H groups in total. The monoisotopic (exact) mass is 388 g/mol. The maximum Gasteiger partial charge on any atom is 0.326 e. The molecule has 0 saturated carbocycles. The summed E-state index contributed by atoms with van der Waals surface area (Å²) in [5, 5.41) is 1.84. The van der Waals surface area contributed by atoms with Gasteiger partial charge in [0.15, 0.2) is 4.80 Å². The fourth-order valence-electron chi connectivity index (χ4n) is 2.56. The van der Waals surface area contributed by atoms with Gasteiger partial charge in [0.1, 0.15) is 6.54 Å². The molecule has 7 heteroatoms. The Morgan fingerprint density at radius 3 is 2.73 bits per heavy atom. The maximum atomic E-state index is 12.4. The number of amides is 1. The Balaban J connectivity index is 2.12. The SMILES string of the molecule is CCOC(=O)Cn1c(=NC(=O)c2cccs2)sc2cc(C(C)C)ccc21. The summed E-state index contributed by atoms with van der Waals surface area (Å²) in [5.41, 5.74) is 2.09. The van der Waals surface area contributed by atoms with Crippen molar-refractivity contribution in [2.45, 2.75) is 33.2 Å². The Kier molecular flexibility index (Phi) is 5.68. The molecule has 0 saturated heterocycles. The number of fused-ring (bicyclic) bond motifs is 1. The molecule has 26 heavy (non-hydrogen) atoms. The summed E-state index contributed by atoms with van der Waals surface area (Å²) in [4.78, 5) is 29.8. The lowest BCUT2D eigenvalue weighted by molar-refractivity contribution is -0.143. The molecule has 5 nitrogen and oxygen atoms in total. The first-order valence-electron chi connectivity index (χ1n) is 8.41. The summed E-state index contributed by atoms with van der Waals surface area (Å²) in [6.45, 7) is 6.39. The average molecular weight is 389 g/mol. The third-order valence-corrected chi connectivity index (χ3v) is 5.79. The number of carbonyl (C=O) groups is 2. The van der Waals surface area contributed by atoms with Gasteiger partial charge in [-0.3, -0.25) is 9.59 Å². The van der Waals surface area contributed by atoms with Crippen molar-refractivity contribution in [1.82, 2.24) is 4.57 Å². The van der Waals surface area contributed by atoms with Crippen LogP contribution in [0.1, 0.15) is 41.9 Å². The molecule has 136 valence electrons. The zero-order valence-corrected chi connectivity index (χ0v) is 16.5. The second-order valence-corrected chi connectivity index (χ2v) is 8.01. The summed E-state index contributed by atoms with van der Waals surface area (Å²) >= 11 is 2.77. The van der Waals surface area contributed by atoms with E-state index in [1.165, 1.54) is 28.2 Å². The van der Waals surface area contributed by atoms with Crippen molar-refractivity contribution in [2.24, 2.45) is 4.99 Å². The van der Waals surface area contributed by atoms with Crippen molar-refractivity contribution in [1.29, 1.82) is 0 Å². The summed E-state index contributed by atoms with van der Waals surface area (Å²) in [7, 11) is 0. The second-order valence-electron chi connectivity index (χ2n) is 6.05. The number of hydrogen-bond donors (Lipinski definition) is 0. The van der Waals surface area contributed by atoms with E-state index in [0.29, 0.717) is 22.2 Å². The molecule has 0 aliphatic carbocycles. The largest absolute Gasteiger partial charge is 0.465 e. The van der Waals surface area contributed by atoms with Crippen LogP contribution in [-0.2, 0) is 16.1 Å². The molecule has 3 aromatic rings. The van der Waals surface area contributed by atoms with E-state index in [-0.39, 0.29) is 18.4 Å². The quantitative estimate of drug-likeness (QED) is 0.616. The zero-order valence-electron chi connectivity index (χ0n) is 14.9. The standard InChI is InChI=1S/C19H20N2O3S2/c1-4-24-17(22)11-21-14-8-7-13(12(2)3)10-16(14)26-19(21)20-18(23)15-6-5-9-25-15/h5-10,12H,4,11H2,1-3H3. The number of esters is 1. The highest BCUT2D eigenvalue weighted by atomic mass is 32.1. The molecule has 0 radical (unpaired) electrons. The van der Waals surface area contributed by atoms with E-state index in [1.54, 1.807) is 17.6 Å². The van der Waals surface area contributed by atoms with Crippen molar-refractivity contribution in [3.05, 3.63) is 51.0 Å². The van der Waals surface area contributed by atoms with Crippen LogP contribution < -0.4 is 4.80 Å². The van der Waals surface area contributed by atoms with Crippen LogP contribution in [0.2, 0.25) is 0 Å². The minimum absolute atomic E-state index is 0.0332. The number of thiazole rings is 1. The third-order valence-electron chi connectivity index (χ3n) is 3.90. The number of ether oxygens (including phenoxy) is 1. The third kappa shape index (κ3) is 3.94. The van der Waals surface area contributed by atoms with Crippen molar-refractivity contribution in [3.63, 3.8) is 0 Å². The highest BCUT2D eigenvalue weighted by molar-refractivity contribution is 7.16. The van der Waals surface area contributed by atoms with Gasteiger partial charge in [-0.2, -0.15) is 4.99 Å². The first-order valence-corrected chi connectivity index (χ1v) is 10.1. The molecule has 1 aromatic carbocycles. The van der Waals surface area contributed by atoms with Crippen molar-refractivity contribution in [3.8, 4) is 0 Å². The van der Waals surface area contributed by atoms with Gasteiger partial charge in [0, 0.05) is 0 Å². The fraction of sp³-hybridized carbons (Fsp3) is 0.316. The number of nitrogens with zero attached hydrogens (tertiary/aromatic N) is 2. The van der Waals surface area contributed by atoms with Crippen LogP contribution in [0.3, 0.4) is 0 Å². The predicted octanol–water partition coefficient (Wildman–Crippen LogP) is 4.19. The zero-order chi connectivity index (χ0) is 18.7. The molecule has 0 fully saturated rings. The number of benzene rings is 1. The number of rotatable bonds is 5. The molecule has 0 aliphatic heterocycles. The van der Waals surface area contributed by atoms with Gasteiger partial charge >= 0.3 is 5.97 Å². The van der Waals surface area contributed by atoms with Crippen molar-refractivity contribution < 1.29 is 14.3 Å². The molecular formula is C19H20N2O3S2. The maximum absolute atomic E-state index is 12.4. The fourth-order valence-corrected chi connectivity index (χ4v) is 4.25. The molecular weight excluding hydrogens is 368 g/mol. The molecule has 0 unspecified atom stereocenters. The summed E-state index contributed by atoms with van der Waals surface area (Å²) in [6, 6.07) is 9.69. The number of hydrogen-bond acceptors (Lipinski definition) is 5. The molecule has 0 bridgehead atoms. The molecule has 2 aromatic heterocycles. The van der Waals surface area contributed by atoms with E-state index >= 15 is 0 Å². The predicted molar refractivity (Wildman–Crippen MR) is 105 cm³/mol. The summed E-state index contributed by atoms with van der Waals surface area (Å²) in [6.07, 6.45) is 0. The Morgan fingerprint density at radius 1 is 1.27 bits per heavy atom. The molecule has 0 atom stereocenters. The first-order chi connectivity index (χ1) is 12.5. The molecule has 0 spiro atoms. The van der Waals surface area contributed by atoms with Gasteiger partial charge in [0.05, 0.1) is 21.7 Å². The first kappa shape index (κ1) is 18.5. The Labute approximate surface area is 159 Å². The van der Waals surface area contributed by atoms with Crippen molar-refractivity contribution in [2.75, 3.05) is 6.61 Å². The van der Waals surface area contributed by atoms with E-state index in [1.807, 2.05) is 23.6 Å². The molecule has 1 amide bonds. The lowest BCUT2D eigenvalue weighted by atomic mass is 10.0. The van der Waals surface area contributed by atoms with Crippen LogP contribution in [0.15, 0.2) is 40.7 Å². The number of aromatic nitrogens is 1. The highest BCUT2D eigenvalue weighted by Gasteiger charge is 2.14. The average Bonchev–Trinajstić information content (AvgIpc) is 3.23. The Bertz CT molecular complexity index is 998. The topological polar surface area (TPSA) is 60.7 Å². The minimum atomic E-state index is -0.342. The van der Waals surface area contributed by atoms with Crippen LogP contribution in [0.25, 0.3) is 10.2 Å². The van der Waals surface area contributed by atoms with Crippen molar-refractivity contribution >= 4 is 44.8 Å².